The molecule has 0 saturated carbocycles. The maximum atomic E-state index is 3.76. The Labute approximate surface area is 142 Å². The first-order valence-corrected chi connectivity index (χ1v) is 9.08. The summed E-state index contributed by atoms with van der Waals surface area (Å²) in [5.74, 6) is 0. The average Bonchev–Trinajstić information content (AvgIpc) is 3.29. The quantitative estimate of drug-likeness (QED) is 0.748. The number of hydrogen-bond donors (Lipinski definition) is 2. The van der Waals surface area contributed by atoms with E-state index in [0.29, 0.717) is 0 Å². The van der Waals surface area contributed by atoms with Crippen LogP contribution >= 0.6 is 0 Å². The summed E-state index contributed by atoms with van der Waals surface area (Å²) in [5.41, 5.74) is 6.92. The first kappa shape index (κ1) is 14.1. The monoisotopic (exact) mass is 317 g/mol. The van der Waals surface area contributed by atoms with Crippen molar-refractivity contribution in [3.8, 4) is 0 Å². The van der Waals surface area contributed by atoms with Gasteiger partial charge in [0.1, 0.15) is 0 Å². The summed E-state index contributed by atoms with van der Waals surface area (Å²) >= 11 is 0. The summed E-state index contributed by atoms with van der Waals surface area (Å²) in [7, 11) is 0. The van der Waals surface area contributed by atoms with Gasteiger partial charge < -0.3 is 15.2 Å². The van der Waals surface area contributed by atoms with E-state index in [1.54, 1.807) is 0 Å². The molecule has 3 nitrogen and oxygen atoms in total. The molecule has 5 rings (SSSR count). The molecule has 2 N–H and O–H groups in total. The topological polar surface area (TPSA) is 31.1 Å². The van der Waals surface area contributed by atoms with E-state index >= 15 is 0 Å². The highest BCUT2D eigenvalue weighted by Crippen LogP contribution is 2.37. The number of benzene rings is 2. The second-order valence-corrected chi connectivity index (χ2v) is 6.95. The number of fused-ring (bicyclic) bond motifs is 3. The highest BCUT2D eigenvalue weighted by atomic mass is 15.1. The van der Waals surface area contributed by atoms with Gasteiger partial charge in [0, 0.05) is 41.9 Å². The number of nitrogens with zero attached hydrogens (tertiary/aromatic N) is 1. The van der Waals surface area contributed by atoms with Gasteiger partial charge in [0.25, 0.3) is 0 Å². The fourth-order valence-corrected chi connectivity index (χ4v) is 4.42. The minimum absolute atomic E-state index is 0.262. The van der Waals surface area contributed by atoms with Crippen LogP contribution in [0.3, 0.4) is 0 Å². The molecule has 122 valence electrons. The summed E-state index contributed by atoms with van der Waals surface area (Å²) in [4.78, 5) is 6.25. The van der Waals surface area contributed by atoms with E-state index in [-0.39, 0.29) is 6.04 Å². The lowest BCUT2D eigenvalue weighted by Crippen LogP contribution is -2.32. The van der Waals surface area contributed by atoms with Crippen LogP contribution in [0.1, 0.15) is 35.7 Å². The summed E-state index contributed by atoms with van der Waals surface area (Å²) < 4.78 is 0. The molecule has 3 heterocycles. The fourth-order valence-electron chi connectivity index (χ4n) is 4.42. The molecule has 0 aliphatic carbocycles. The van der Waals surface area contributed by atoms with Crippen LogP contribution in [0.25, 0.3) is 10.9 Å². The molecule has 2 aliphatic heterocycles. The highest BCUT2D eigenvalue weighted by molar-refractivity contribution is 5.85. The van der Waals surface area contributed by atoms with Crippen molar-refractivity contribution in [3.63, 3.8) is 0 Å². The van der Waals surface area contributed by atoms with Crippen molar-refractivity contribution in [3.05, 3.63) is 65.4 Å². The Hall–Kier alpha value is -2.26. The van der Waals surface area contributed by atoms with Crippen LogP contribution < -0.4 is 10.2 Å². The molecule has 0 radical (unpaired) electrons. The van der Waals surface area contributed by atoms with Crippen molar-refractivity contribution in [1.29, 1.82) is 0 Å². The van der Waals surface area contributed by atoms with Crippen LogP contribution in [0.5, 0.6) is 0 Å². The Kier molecular flexibility index (Phi) is 3.34. The molecule has 1 unspecified atom stereocenters. The normalized spacial score (nSPS) is 20.5. The number of anilines is 1. The zero-order chi connectivity index (χ0) is 15.9. The molecule has 1 fully saturated rings. The van der Waals surface area contributed by atoms with Crippen LogP contribution in [0.2, 0.25) is 0 Å². The van der Waals surface area contributed by atoms with Crippen LogP contribution in [0, 0.1) is 0 Å². The number of para-hydroxylation sites is 2. The molecular formula is C21H23N3. The third kappa shape index (κ3) is 2.15. The lowest BCUT2D eigenvalue weighted by atomic mass is 9.93. The van der Waals surface area contributed by atoms with Gasteiger partial charge in [0.2, 0.25) is 0 Å². The van der Waals surface area contributed by atoms with Crippen molar-refractivity contribution in [2.75, 3.05) is 24.5 Å². The second-order valence-electron chi connectivity index (χ2n) is 6.95. The van der Waals surface area contributed by atoms with E-state index < -0.39 is 0 Å². The Bertz CT molecular complexity index is 874. The molecule has 1 aromatic heterocycles. The van der Waals surface area contributed by atoms with Crippen LogP contribution in [-0.2, 0) is 6.42 Å². The summed E-state index contributed by atoms with van der Waals surface area (Å²) in [6, 6.07) is 17.9. The third-order valence-corrected chi connectivity index (χ3v) is 5.55. The van der Waals surface area contributed by atoms with Crippen LogP contribution in [0.15, 0.2) is 48.5 Å². The van der Waals surface area contributed by atoms with Gasteiger partial charge in [-0.05, 0) is 42.5 Å². The van der Waals surface area contributed by atoms with Gasteiger partial charge in [-0.1, -0.05) is 36.4 Å². The second kappa shape index (κ2) is 5.67. The number of nitrogens with one attached hydrogen (secondary N) is 2. The Morgan fingerprint density at radius 2 is 1.71 bits per heavy atom. The number of aromatic nitrogens is 1. The zero-order valence-electron chi connectivity index (χ0n) is 13.9. The van der Waals surface area contributed by atoms with Gasteiger partial charge in [-0.25, -0.2) is 0 Å². The minimum Gasteiger partial charge on any atom is -0.371 e. The minimum atomic E-state index is 0.262. The molecule has 1 saturated heterocycles. The van der Waals surface area contributed by atoms with E-state index in [1.807, 2.05) is 0 Å². The number of hydrogen-bond acceptors (Lipinski definition) is 2. The zero-order valence-corrected chi connectivity index (χ0v) is 13.9. The fraction of sp³-hybridized carbons (Fsp3) is 0.333. The van der Waals surface area contributed by atoms with Gasteiger partial charge in [0.05, 0.1) is 6.04 Å². The van der Waals surface area contributed by atoms with Crippen molar-refractivity contribution in [1.82, 2.24) is 10.3 Å². The molecule has 0 spiro atoms. The summed E-state index contributed by atoms with van der Waals surface area (Å²) in [5, 5.41) is 5.15. The van der Waals surface area contributed by atoms with Gasteiger partial charge in [0.15, 0.2) is 0 Å². The maximum absolute atomic E-state index is 3.76. The molecule has 2 aromatic carbocycles. The standard InChI is InChI=1S/C21H23N3/c1-3-9-18-15(7-1)16-11-12-22-20(21(16)23-18)17-8-2-4-10-19(17)24-13-5-6-14-24/h1-4,7-10,20,22-23H,5-6,11-14H2. The first-order chi connectivity index (χ1) is 11.9. The number of H-pyrrole nitrogens is 1. The summed E-state index contributed by atoms with van der Waals surface area (Å²) in [6.45, 7) is 3.40. The third-order valence-electron chi connectivity index (χ3n) is 5.55. The van der Waals surface area contributed by atoms with E-state index in [9.17, 15) is 0 Å². The maximum Gasteiger partial charge on any atom is 0.0752 e. The van der Waals surface area contributed by atoms with Crippen molar-refractivity contribution >= 4 is 16.6 Å². The lowest BCUT2D eigenvalue weighted by Gasteiger charge is -2.29. The molecule has 0 bridgehead atoms. The largest absolute Gasteiger partial charge is 0.371 e. The summed E-state index contributed by atoms with van der Waals surface area (Å²) in [6.07, 6.45) is 3.72. The molecule has 2 aliphatic rings. The van der Waals surface area contributed by atoms with Crippen molar-refractivity contribution < 1.29 is 0 Å². The molecule has 24 heavy (non-hydrogen) atoms. The van der Waals surface area contributed by atoms with Crippen LogP contribution in [-0.4, -0.2) is 24.6 Å². The van der Waals surface area contributed by atoms with E-state index in [4.69, 9.17) is 0 Å². The Balaban J connectivity index is 1.64. The van der Waals surface area contributed by atoms with Crippen molar-refractivity contribution in [2.24, 2.45) is 0 Å². The molecule has 0 amide bonds. The molecule has 1 atom stereocenters. The molecule has 3 aromatic rings. The predicted octanol–water partition coefficient (Wildman–Crippen LogP) is 4.00. The molecular weight excluding hydrogens is 294 g/mol. The van der Waals surface area contributed by atoms with Crippen molar-refractivity contribution in [2.45, 2.75) is 25.3 Å². The van der Waals surface area contributed by atoms with Gasteiger partial charge in [-0.15, -0.1) is 0 Å². The van der Waals surface area contributed by atoms with Crippen LogP contribution in [0.4, 0.5) is 5.69 Å². The first-order valence-electron chi connectivity index (χ1n) is 9.08. The number of aromatic amines is 1. The predicted molar refractivity (Wildman–Crippen MR) is 99.7 cm³/mol. The smallest absolute Gasteiger partial charge is 0.0752 e. The van der Waals surface area contributed by atoms with E-state index in [0.717, 1.165) is 13.0 Å². The Morgan fingerprint density at radius 3 is 2.62 bits per heavy atom. The molecule has 3 heteroatoms. The average molecular weight is 317 g/mol. The SMILES string of the molecule is c1ccc(N2CCCC2)c(C2NCCc3c2[nH]c2ccccc32)c1. The lowest BCUT2D eigenvalue weighted by molar-refractivity contribution is 0.560. The number of rotatable bonds is 2. The highest BCUT2D eigenvalue weighted by Gasteiger charge is 2.28. The van der Waals surface area contributed by atoms with E-state index in [2.05, 4.69) is 63.7 Å². The van der Waals surface area contributed by atoms with Gasteiger partial charge in [-0.2, -0.15) is 0 Å². The van der Waals surface area contributed by atoms with Gasteiger partial charge >= 0.3 is 0 Å². The van der Waals surface area contributed by atoms with E-state index in [1.165, 1.54) is 59.3 Å². The Morgan fingerprint density at radius 1 is 0.917 bits per heavy atom. The van der Waals surface area contributed by atoms with Gasteiger partial charge in [-0.3, -0.25) is 0 Å².